The largest absolute Gasteiger partial charge is 0.340 e. The minimum Gasteiger partial charge on any atom is -0.340 e. The van der Waals surface area contributed by atoms with Crippen LogP contribution in [0, 0.1) is 0 Å². The third-order valence-corrected chi connectivity index (χ3v) is 3.00. The van der Waals surface area contributed by atoms with Crippen molar-refractivity contribution in [1.82, 2.24) is 9.80 Å². The van der Waals surface area contributed by atoms with Crippen molar-refractivity contribution in [1.29, 1.82) is 0 Å². The van der Waals surface area contributed by atoms with E-state index in [2.05, 4.69) is 40.7 Å². The number of rotatable bonds is 1. The molecule has 92 valence electrons. The van der Waals surface area contributed by atoms with E-state index in [1.165, 1.54) is 13.0 Å². The van der Waals surface area contributed by atoms with E-state index in [1.54, 1.807) is 0 Å². The summed E-state index contributed by atoms with van der Waals surface area (Å²) in [7, 11) is 4.00. The highest BCUT2D eigenvalue weighted by atomic mass is 15.3. The molecule has 1 fully saturated rings. The van der Waals surface area contributed by atoms with Gasteiger partial charge in [0.2, 0.25) is 5.96 Å². The first-order valence-corrected chi connectivity index (χ1v) is 6.11. The Morgan fingerprint density at radius 3 is 2.56 bits per heavy atom. The van der Waals surface area contributed by atoms with Gasteiger partial charge in [0.15, 0.2) is 0 Å². The molecular formula is C12H24N4. The lowest BCUT2D eigenvalue weighted by atomic mass is 10.3. The molecule has 0 amide bonds. The summed E-state index contributed by atoms with van der Waals surface area (Å²) in [4.78, 5) is 13.5. The molecule has 0 aliphatic carbocycles. The van der Waals surface area contributed by atoms with Crippen molar-refractivity contribution in [2.75, 3.05) is 40.3 Å². The second-order valence-electron chi connectivity index (χ2n) is 4.37. The molecule has 1 rings (SSSR count). The summed E-state index contributed by atoms with van der Waals surface area (Å²) in [6.45, 7) is 8.56. The highest BCUT2D eigenvalue weighted by Crippen LogP contribution is 2.04. The highest BCUT2D eigenvalue weighted by Gasteiger charge is 2.14. The number of likely N-dealkylation sites (N-methyl/N-ethyl adjacent to an activating group) is 1. The number of nitrogens with zero attached hydrogens (tertiary/aromatic N) is 4. The Morgan fingerprint density at radius 2 is 1.94 bits per heavy atom. The van der Waals surface area contributed by atoms with Crippen molar-refractivity contribution in [3.8, 4) is 0 Å². The molecule has 0 aromatic heterocycles. The third kappa shape index (κ3) is 3.93. The van der Waals surface area contributed by atoms with Crippen LogP contribution in [0.3, 0.4) is 0 Å². The van der Waals surface area contributed by atoms with Crippen LogP contribution in [-0.2, 0) is 0 Å². The highest BCUT2D eigenvalue weighted by molar-refractivity contribution is 5.95. The van der Waals surface area contributed by atoms with Crippen molar-refractivity contribution in [3.63, 3.8) is 0 Å². The van der Waals surface area contributed by atoms with Gasteiger partial charge in [-0.25, -0.2) is 4.99 Å². The van der Waals surface area contributed by atoms with Crippen LogP contribution in [0.4, 0.5) is 0 Å². The SMILES string of the molecule is CC/C(C)=N\C(=NC)N1CCCN(C)CC1. The van der Waals surface area contributed by atoms with Crippen LogP contribution in [-0.4, -0.2) is 61.7 Å². The van der Waals surface area contributed by atoms with E-state index in [0.29, 0.717) is 0 Å². The fraction of sp³-hybridized carbons (Fsp3) is 0.833. The summed E-state index contributed by atoms with van der Waals surface area (Å²) in [5.41, 5.74) is 1.15. The van der Waals surface area contributed by atoms with E-state index in [-0.39, 0.29) is 0 Å². The van der Waals surface area contributed by atoms with Gasteiger partial charge in [0, 0.05) is 32.4 Å². The van der Waals surface area contributed by atoms with E-state index in [0.717, 1.165) is 37.7 Å². The minimum absolute atomic E-state index is 0.898. The first kappa shape index (κ1) is 13.2. The molecule has 0 radical (unpaired) electrons. The van der Waals surface area contributed by atoms with Crippen LogP contribution >= 0.6 is 0 Å². The van der Waals surface area contributed by atoms with Gasteiger partial charge in [-0.15, -0.1) is 0 Å². The molecule has 0 unspecified atom stereocenters. The molecular weight excluding hydrogens is 200 g/mol. The number of hydrogen-bond donors (Lipinski definition) is 0. The smallest absolute Gasteiger partial charge is 0.220 e. The van der Waals surface area contributed by atoms with E-state index < -0.39 is 0 Å². The summed E-state index contributed by atoms with van der Waals surface area (Å²) in [5.74, 6) is 0.898. The number of guanidine groups is 1. The zero-order valence-corrected chi connectivity index (χ0v) is 11.0. The van der Waals surface area contributed by atoms with E-state index in [9.17, 15) is 0 Å². The van der Waals surface area contributed by atoms with Gasteiger partial charge in [-0.1, -0.05) is 6.92 Å². The van der Waals surface area contributed by atoms with Crippen LogP contribution < -0.4 is 0 Å². The maximum atomic E-state index is 4.58. The topological polar surface area (TPSA) is 31.2 Å². The molecule has 16 heavy (non-hydrogen) atoms. The molecule has 1 aliphatic rings. The summed E-state index contributed by atoms with van der Waals surface area (Å²) in [5, 5.41) is 0. The first-order valence-electron chi connectivity index (χ1n) is 6.11. The minimum atomic E-state index is 0.898. The van der Waals surface area contributed by atoms with Crippen molar-refractivity contribution >= 4 is 11.7 Å². The molecule has 0 atom stereocenters. The second-order valence-corrected chi connectivity index (χ2v) is 4.37. The Hall–Kier alpha value is -0.900. The van der Waals surface area contributed by atoms with Crippen LogP contribution in [0.1, 0.15) is 26.7 Å². The van der Waals surface area contributed by atoms with Crippen LogP contribution in [0.15, 0.2) is 9.98 Å². The quantitative estimate of drug-likeness (QED) is 0.499. The maximum absolute atomic E-state index is 4.58. The molecule has 0 aromatic rings. The van der Waals surface area contributed by atoms with E-state index in [4.69, 9.17) is 0 Å². The zero-order chi connectivity index (χ0) is 12.0. The zero-order valence-electron chi connectivity index (χ0n) is 11.0. The normalized spacial score (nSPS) is 21.1. The number of aliphatic imine (C=N–C) groups is 2. The predicted octanol–water partition coefficient (Wildman–Crippen LogP) is 1.48. The lowest BCUT2D eigenvalue weighted by molar-refractivity contribution is 0.345. The molecule has 4 nitrogen and oxygen atoms in total. The molecule has 0 aromatic carbocycles. The Labute approximate surface area is 99.1 Å². The lowest BCUT2D eigenvalue weighted by Crippen LogP contribution is -2.34. The van der Waals surface area contributed by atoms with Crippen molar-refractivity contribution in [2.24, 2.45) is 9.98 Å². The van der Waals surface area contributed by atoms with Crippen molar-refractivity contribution < 1.29 is 0 Å². The average molecular weight is 224 g/mol. The summed E-state index contributed by atoms with van der Waals surface area (Å²) in [6.07, 6.45) is 2.18. The van der Waals surface area contributed by atoms with Gasteiger partial charge in [-0.05, 0) is 33.4 Å². The summed E-state index contributed by atoms with van der Waals surface area (Å²) < 4.78 is 0. The van der Waals surface area contributed by atoms with Gasteiger partial charge >= 0.3 is 0 Å². The standard InChI is InChI=1S/C12H24N4/c1-5-11(2)14-12(13-3)16-8-6-7-15(4)9-10-16/h5-10H2,1-4H3/b13-12?,14-11-. The molecule has 0 spiro atoms. The Balaban J connectivity index is 2.66. The Bertz CT molecular complexity index is 270. The molecule has 0 N–H and O–H groups in total. The Kier molecular flexibility index (Phi) is 5.46. The van der Waals surface area contributed by atoms with E-state index in [1.807, 2.05) is 7.05 Å². The summed E-state index contributed by atoms with van der Waals surface area (Å²) >= 11 is 0. The maximum Gasteiger partial charge on any atom is 0.220 e. The fourth-order valence-electron chi connectivity index (χ4n) is 1.76. The molecule has 0 saturated carbocycles. The predicted molar refractivity (Wildman–Crippen MR) is 70.4 cm³/mol. The number of hydrogen-bond acceptors (Lipinski definition) is 2. The van der Waals surface area contributed by atoms with Crippen molar-refractivity contribution in [3.05, 3.63) is 0 Å². The molecule has 1 aliphatic heterocycles. The Morgan fingerprint density at radius 1 is 1.19 bits per heavy atom. The van der Waals surface area contributed by atoms with Gasteiger partial charge in [-0.2, -0.15) is 0 Å². The van der Waals surface area contributed by atoms with Crippen LogP contribution in [0.25, 0.3) is 0 Å². The van der Waals surface area contributed by atoms with E-state index >= 15 is 0 Å². The van der Waals surface area contributed by atoms with Crippen LogP contribution in [0.2, 0.25) is 0 Å². The summed E-state index contributed by atoms with van der Waals surface area (Å²) in [6, 6.07) is 0. The van der Waals surface area contributed by atoms with Gasteiger partial charge in [0.05, 0.1) is 0 Å². The van der Waals surface area contributed by atoms with Crippen molar-refractivity contribution in [2.45, 2.75) is 26.7 Å². The van der Waals surface area contributed by atoms with Gasteiger partial charge in [0.1, 0.15) is 0 Å². The monoisotopic (exact) mass is 224 g/mol. The lowest BCUT2D eigenvalue weighted by Gasteiger charge is -2.21. The first-order chi connectivity index (χ1) is 7.67. The average Bonchev–Trinajstić information content (AvgIpc) is 2.50. The van der Waals surface area contributed by atoms with Gasteiger partial charge in [0.25, 0.3) is 0 Å². The van der Waals surface area contributed by atoms with Gasteiger partial charge in [-0.3, -0.25) is 4.99 Å². The van der Waals surface area contributed by atoms with Gasteiger partial charge < -0.3 is 9.80 Å². The molecule has 1 saturated heterocycles. The molecule has 0 bridgehead atoms. The third-order valence-electron chi connectivity index (χ3n) is 3.00. The second kappa shape index (κ2) is 6.63. The molecule has 4 heteroatoms. The van der Waals surface area contributed by atoms with Crippen LogP contribution in [0.5, 0.6) is 0 Å². The fourth-order valence-corrected chi connectivity index (χ4v) is 1.76. The molecule has 1 heterocycles.